The molecule has 2 heterocycles. The van der Waals surface area contributed by atoms with Gasteiger partial charge in [-0.2, -0.15) is 0 Å². The van der Waals surface area contributed by atoms with Crippen LogP contribution in [-0.2, 0) is 16.1 Å². The number of ketones is 1. The summed E-state index contributed by atoms with van der Waals surface area (Å²) < 4.78 is 5.44. The fraction of sp³-hybridized carbons (Fsp3) is 0.107. The van der Waals surface area contributed by atoms with Crippen molar-refractivity contribution >= 4 is 28.2 Å². The van der Waals surface area contributed by atoms with Crippen LogP contribution in [0.5, 0.6) is 5.75 Å². The van der Waals surface area contributed by atoms with Crippen molar-refractivity contribution in [3.63, 3.8) is 0 Å². The van der Waals surface area contributed by atoms with Crippen LogP contribution in [0, 0.1) is 0 Å². The highest BCUT2D eigenvalue weighted by atomic mass is 16.5. The third-order valence-corrected chi connectivity index (χ3v) is 6.06. The van der Waals surface area contributed by atoms with Crippen molar-refractivity contribution in [2.24, 2.45) is 0 Å². The standard InChI is InChI=1S/C28H22N2O4/c1-34-23-12-5-4-10-21(23)17-30-25(22-11-6-7-15-29-22)24(27(32)28(30)33)26(31)20-14-13-18-8-2-3-9-19(18)16-20/h2-16,25,31H,17H2,1H3/b26-24-. The minimum atomic E-state index is -0.836. The SMILES string of the molecule is COc1ccccc1CN1C(=O)C(=O)/C(=C(\O)c2ccc3ccccc3c2)C1c1ccccn1. The van der Waals surface area contributed by atoms with Crippen molar-refractivity contribution in [3.8, 4) is 5.75 Å². The molecule has 1 amide bonds. The molecule has 0 radical (unpaired) electrons. The second-order valence-corrected chi connectivity index (χ2v) is 8.06. The topological polar surface area (TPSA) is 79.7 Å². The van der Waals surface area contributed by atoms with Gasteiger partial charge in [0.05, 0.1) is 24.9 Å². The van der Waals surface area contributed by atoms with Crippen LogP contribution in [0.15, 0.2) is 96.7 Å². The van der Waals surface area contributed by atoms with Crippen LogP contribution >= 0.6 is 0 Å². The quantitative estimate of drug-likeness (QED) is 0.267. The first-order valence-electron chi connectivity index (χ1n) is 10.9. The Kier molecular flexibility index (Phi) is 5.55. The van der Waals surface area contributed by atoms with Crippen molar-refractivity contribution in [1.29, 1.82) is 0 Å². The lowest BCUT2D eigenvalue weighted by molar-refractivity contribution is -0.140. The Labute approximate surface area is 196 Å². The number of nitrogens with zero attached hydrogens (tertiary/aromatic N) is 2. The number of aliphatic hydroxyl groups is 1. The molecular formula is C28H22N2O4. The molecule has 0 aliphatic carbocycles. The molecule has 168 valence electrons. The zero-order valence-corrected chi connectivity index (χ0v) is 18.5. The molecule has 5 rings (SSSR count). The first-order valence-corrected chi connectivity index (χ1v) is 10.9. The van der Waals surface area contributed by atoms with E-state index in [4.69, 9.17) is 4.74 Å². The maximum Gasteiger partial charge on any atom is 0.296 e. The van der Waals surface area contributed by atoms with Gasteiger partial charge in [-0.15, -0.1) is 0 Å². The van der Waals surface area contributed by atoms with Gasteiger partial charge in [0.2, 0.25) is 0 Å². The second kappa shape index (κ2) is 8.83. The highest BCUT2D eigenvalue weighted by Crippen LogP contribution is 2.40. The van der Waals surface area contributed by atoms with E-state index >= 15 is 0 Å². The van der Waals surface area contributed by atoms with Gasteiger partial charge in [-0.3, -0.25) is 14.6 Å². The van der Waals surface area contributed by atoms with Gasteiger partial charge in [0.25, 0.3) is 11.7 Å². The number of para-hydroxylation sites is 1. The molecule has 3 aromatic carbocycles. The molecule has 1 unspecified atom stereocenters. The lowest BCUT2D eigenvalue weighted by Gasteiger charge is -2.25. The van der Waals surface area contributed by atoms with E-state index in [-0.39, 0.29) is 17.9 Å². The number of hydrogen-bond acceptors (Lipinski definition) is 5. The van der Waals surface area contributed by atoms with Gasteiger partial charge in [-0.1, -0.05) is 60.7 Å². The van der Waals surface area contributed by atoms with Crippen LogP contribution in [0.4, 0.5) is 0 Å². The van der Waals surface area contributed by atoms with Crippen LogP contribution < -0.4 is 4.74 Å². The molecule has 34 heavy (non-hydrogen) atoms. The molecule has 1 aromatic heterocycles. The van der Waals surface area contributed by atoms with Crippen LogP contribution in [0.25, 0.3) is 16.5 Å². The maximum atomic E-state index is 13.3. The first kappa shape index (κ1) is 21.4. The Morgan fingerprint density at radius 1 is 0.941 bits per heavy atom. The molecular weight excluding hydrogens is 428 g/mol. The molecule has 6 heteroatoms. The van der Waals surface area contributed by atoms with Crippen LogP contribution in [0.3, 0.4) is 0 Å². The van der Waals surface area contributed by atoms with Crippen molar-refractivity contribution < 1.29 is 19.4 Å². The predicted molar refractivity (Wildman–Crippen MR) is 129 cm³/mol. The molecule has 1 atom stereocenters. The zero-order valence-electron chi connectivity index (χ0n) is 18.5. The fourth-order valence-electron chi connectivity index (χ4n) is 4.40. The third kappa shape index (κ3) is 3.69. The normalized spacial score (nSPS) is 17.3. The Hall–Kier alpha value is -4.45. The minimum absolute atomic E-state index is 0.0221. The van der Waals surface area contributed by atoms with Gasteiger partial charge < -0.3 is 14.7 Å². The highest BCUT2D eigenvalue weighted by molar-refractivity contribution is 6.46. The number of hydrogen-bond donors (Lipinski definition) is 1. The number of amides is 1. The summed E-state index contributed by atoms with van der Waals surface area (Å²) in [5.41, 5.74) is 1.74. The second-order valence-electron chi connectivity index (χ2n) is 8.06. The van der Waals surface area contributed by atoms with E-state index in [1.165, 1.54) is 4.90 Å². The molecule has 1 saturated heterocycles. The zero-order chi connectivity index (χ0) is 23.7. The van der Waals surface area contributed by atoms with Crippen LogP contribution in [-0.4, -0.2) is 33.8 Å². The van der Waals surface area contributed by atoms with E-state index in [0.717, 1.165) is 16.3 Å². The highest BCUT2D eigenvalue weighted by Gasteiger charge is 2.46. The largest absolute Gasteiger partial charge is 0.507 e. The van der Waals surface area contributed by atoms with Gasteiger partial charge in [0.15, 0.2) is 0 Å². The lowest BCUT2D eigenvalue weighted by Crippen LogP contribution is -2.29. The molecule has 0 spiro atoms. The summed E-state index contributed by atoms with van der Waals surface area (Å²) in [7, 11) is 1.56. The smallest absolute Gasteiger partial charge is 0.296 e. The molecule has 4 aromatic rings. The summed E-state index contributed by atoms with van der Waals surface area (Å²) in [6.45, 7) is 0.129. The Balaban J connectivity index is 1.66. The number of rotatable bonds is 5. The molecule has 0 saturated carbocycles. The fourth-order valence-corrected chi connectivity index (χ4v) is 4.40. The minimum Gasteiger partial charge on any atom is -0.507 e. The summed E-state index contributed by atoms with van der Waals surface area (Å²) in [6, 6.07) is 25.0. The number of pyridine rings is 1. The van der Waals surface area contributed by atoms with E-state index in [2.05, 4.69) is 4.98 Å². The molecule has 1 aliphatic rings. The number of fused-ring (bicyclic) bond motifs is 1. The summed E-state index contributed by atoms with van der Waals surface area (Å²) in [6.07, 6.45) is 1.61. The lowest BCUT2D eigenvalue weighted by atomic mass is 9.97. The van der Waals surface area contributed by atoms with Crippen LogP contribution in [0.1, 0.15) is 22.9 Å². The molecule has 1 fully saturated rings. The van der Waals surface area contributed by atoms with E-state index in [9.17, 15) is 14.7 Å². The Bertz CT molecular complexity index is 1430. The number of ether oxygens (including phenoxy) is 1. The van der Waals surface area contributed by atoms with Gasteiger partial charge in [0.1, 0.15) is 17.6 Å². The number of carbonyl (C=O) groups excluding carboxylic acids is 2. The monoisotopic (exact) mass is 450 g/mol. The van der Waals surface area contributed by atoms with Crippen LogP contribution in [0.2, 0.25) is 0 Å². The summed E-state index contributed by atoms with van der Waals surface area (Å²) >= 11 is 0. The number of carbonyl (C=O) groups is 2. The van der Waals surface area contributed by atoms with E-state index in [1.807, 2.05) is 54.6 Å². The van der Waals surface area contributed by atoms with Crippen molar-refractivity contribution in [2.45, 2.75) is 12.6 Å². The average Bonchev–Trinajstić information content (AvgIpc) is 3.13. The Morgan fingerprint density at radius 2 is 1.68 bits per heavy atom. The summed E-state index contributed by atoms with van der Waals surface area (Å²) in [5.74, 6) is -1.04. The van der Waals surface area contributed by atoms with Crippen molar-refractivity contribution in [3.05, 3.63) is 114 Å². The van der Waals surface area contributed by atoms with Gasteiger partial charge in [-0.25, -0.2) is 0 Å². The summed E-state index contributed by atoms with van der Waals surface area (Å²) in [5, 5.41) is 13.2. The first-order chi connectivity index (χ1) is 16.6. The van der Waals surface area contributed by atoms with Crippen molar-refractivity contribution in [2.75, 3.05) is 7.11 Å². The molecule has 1 aliphatic heterocycles. The number of methoxy groups -OCH3 is 1. The molecule has 0 bridgehead atoms. The molecule has 6 nitrogen and oxygen atoms in total. The number of aromatic nitrogens is 1. The molecule has 1 N–H and O–H groups in total. The number of benzene rings is 3. The number of aliphatic hydroxyl groups excluding tert-OH is 1. The van der Waals surface area contributed by atoms with Gasteiger partial charge in [-0.05, 0) is 35.0 Å². The average molecular weight is 450 g/mol. The van der Waals surface area contributed by atoms with Crippen molar-refractivity contribution in [1.82, 2.24) is 9.88 Å². The summed E-state index contributed by atoms with van der Waals surface area (Å²) in [4.78, 5) is 32.3. The Morgan fingerprint density at radius 3 is 2.44 bits per heavy atom. The predicted octanol–water partition coefficient (Wildman–Crippen LogP) is 4.87. The third-order valence-electron chi connectivity index (χ3n) is 6.06. The van der Waals surface area contributed by atoms with Gasteiger partial charge >= 0.3 is 0 Å². The van der Waals surface area contributed by atoms with E-state index < -0.39 is 17.7 Å². The maximum absolute atomic E-state index is 13.3. The van der Waals surface area contributed by atoms with E-state index in [1.54, 1.807) is 43.6 Å². The van der Waals surface area contributed by atoms with E-state index in [0.29, 0.717) is 17.0 Å². The number of likely N-dealkylation sites (tertiary alicyclic amines) is 1. The van der Waals surface area contributed by atoms with Gasteiger partial charge in [0, 0.05) is 17.3 Å². The number of Topliss-reactive ketones (excluding diaryl/α,β-unsaturated/α-hetero) is 1.